The minimum absolute atomic E-state index is 0.0441. The molecule has 2 fully saturated rings. The van der Waals surface area contributed by atoms with Gasteiger partial charge >= 0.3 is 0 Å². The predicted molar refractivity (Wildman–Crippen MR) is 107 cm³/mol. The van der Waals surface area contributed by atoms with Gasteiger partial charge < -0.3 is 5.32 Å². The molecule has 150 valence electrons. The number of rotatable bonds is 5. The Hall–Kier alpha value is -1.44. The Kier molecular flexibility index (Phi) is 6.89. The summed E-state index contributed by atoms with van der Waals surface area (Å²) in [5.41, 5.74) is 0.640. The molecule has 2 aliphatic heterocycles. The molecule has 3 rings (SSSR count). The number of hydrogen-bond acceptors (Lipinski definition) is 4. The molecule has 2 heterocycles. The van der Waals surface area contributed by atoms with Crippen LogP contribution in [0, 0.1) is 5.92 Å². The number of nitrogens with one attached hydrogen (secondary N) is 1. The third-order valence-corrected chi connectivity index (χ3v) is 7.34. The standard InChI is InChI=1S/C20H31N3O3S/c1-17-7-6-14-23(15-17)27(25,26)19-10-8-18(9-11-19)21-20(24)16-22-12-4-2-3-5-13-22/h8-11,17H,2-7,12-16H2,1H3,(H,21,24). The smallest absolute Gasteiger partial charge is 0.243 e. The van der Waals surface area contributed by atoms with E-state index in [2.05, 4.69) is 17.1 Å². The molecular weight excluding hydrogens is 362 g/mol. The minimum atomic E-state index is -3.45. The van der Waals surface area contributed by atoms with Gasteiger partial charge in [-0.25, -0.2) is 8.42 Å². The van der Waals surface area contributed by atoms with Crippen LogP contribution >= 0.6 is 0 Å². The third-order valence-electron chi connectivity index (χ3n) is 5.46. The van der Waals surface area contributed by atoms with E-state index in [0.29, 0.717) is 36.1 Å². The summed E-state index contributed by atoms with van der Waals surface area (Å²) in [6.07, 6.45) is 6.76. The van der Waals surface area contributed by atoms with Crippen LogP contribution in [0.4, 0.5) is 5.69 Å². The van der Waals surface area contributed by atoms with Gasteiger partial charge in [0.1, 0.15) is 0 Å². The van der Waals surface area contributed by atoms with Crippen LogP contribution in [0.1, 0.15) is 45.4 Å². The number of sulfonamides is 1. The highest BCUT2D eigenvalue weighted by atomic mass is 32.2. The van der Waals surface area contributed by atoms with Gasteiger partial charge in [0.2, 0.25) is 15.9 Å². The van der Waals surface area contributed by atoms with Gasteiger partial charge in [-0.05, 0) is 69.0 Å². The summed E-state index contributed by atoms with van der Waals surface area (Å²) in [5.74, 6) is 0.350. The van der Waals surface area contributed by atoms with Crippen molar-refractivity contribution < 1.29 is 13.2 Å². The fourth-order valence-electron chi connectivity index (χ4n) is 3.92. The highest BCUT2D eigenvalue weighted by Crippen LogP contribution is 2.24. The molecule has 1 N–H and O–H groups in total. The molecule has 2 aliphatic rings. The minimum Gasteiger partial charge on any atom is -0.325 e. The van der Waals surface area contributed by atoms with Crippen LogP contribution in [0.2, 0.25) is 0 Å². The molecule has 0 bridgehead atoms. The zero-order valence-corrected chi connectivity index (χ0v) is 17.0. The number of piperidine rings is 1. The van der Waals surface area contributed by atoms with Gasteiger partial charge in [0.15, 0.2) is 0 Å². The van der Waals surface area contributed by atoms with Gasteiger partial charge in [0.25, 0.3) is 0 Å². The Morgan fingerprint density at radius 2 is 1.70 bits per heavy atom. The SMILES string of the molecule is CC1CCCN(S(=O)(=O)c2ccc(NC(=O)CN3CCCCCC3)cc2)C1. The van der Waals surface area contributed by atoms with Gasteiger partial charge in [0, 0.05) is 18.8 Å². The van der Waals surface area contributed by atoms with E-state index in [9.17, 15) is 13.2 Å². The van der Waals surface area contributed by atoms with Gasteiger partial charge in [-0.1, -0.05) is 19.8 Å². The van der Waals surface area contributed by atoms with Crippen molar-refractivity contribution in [2.75, 3.05) is 38.0 Å². The van der Waals surface area contributed by atoms with Crippen LogP contribution in [0.3, 0.4) is 0 Å². The summed E-state index contributed by atoms with van der Waals surface area (Å²) in [6, 6.07) is 6.55. The Labute approximate surface area is 163 Å². The molecule has 2 saturated heterocycles. The van der Waals surface area contributed by atoms with Crippen molar-refractivity contribution in [3.63, 3.8) is 0 Å². The first-order chi connectivity index (χ1) is 12.9. The molecule has 0 radical (unpaired) electrons. The highest BCUT2D eigenvalue weighted by molar-refractivity contribution is 7.89. The number of anilines is 1. The average Bonchev–Trinajstić information content (AvgIpc) is 2.91. The maximum Gasteiger partial charge on any atom is 0.243 e. The van der Waals surface area contributed by atoms with Gasteiger partial charge in [-0.3, -0.25) is 9.69 Å². The Morgan fingerprint density at radius 3 is 2.33 bits per heavy atom. The number of amides is 1. The van der Waals surface area contributed by atoms with E-state index < -0.39 is 10.0 Å². The van der Waals surface area contributed by atoms with Crippen LogP contribution in [0.25, 0.3) is 0 Å². The molecule has 7 heteroatoms. The first-order valence-corrected chi connectivity index (χ1v) is 11.5. The molecule has 1 aromatic carbocycles. The first kappa shape index (κ1) is 20.3. The molecule has 27 heavy (non-hydrogen) atoms. The van der Waals surface area contributed by atoms with Crippen molar-refractivity contribution in [2.24, 2.45) is 5.92 Å². The van der Waals surface area contributed by atoms with E-state index in [1.165, 1.54) is 12.8 Å². The van der Waals surface area contributed by atoms with Crippen LogP contribution < -0.4 is 5.32 Å². The summed E-state index contributed by atoms with van der Waals surface area (Å²) >= 11 is 0. The molecule has 0 aromatic heterocycles. The van der Waals surface area contributed by atoms with Crippen molar-refractivity contribution in [1.29, 1.82) is 0 Å². The fraction of sp³-hybridized carbons (Fsp3) is 0.650. The normalized spacial score (nSPS) is 22.9. The third kappa shape index (κ3) is 5.53. The number of benzene rings is 1. The van der Waals surface area contributed by atoms with E-state index >= 15 is 0 Å². The summed E-state index contributed by atoms with van der Waals surface area (Å²) in [4.78, 5) is 14.8. The summed E-state index contributed by atoms with van der Waals surface area (Å²) < 4.78 is 27.2. The van der Waals surface area contributed by atoms with Crippen molar-refractivity contribution in [3.05, 3.63) is 24.3 Å². The molecule has 6 nitrogen and oxygen atoms in total. The number of likely N-dealkylation sites (tertiary alicyclic amines) is 1. The lowest BCUT2D eigenvalue weighted by Crippen LogP contribution is -2.39. The van der Waals surface area contributed by atoms with Crippen LogP contribution in [-0.2, 0) is 14.8 Å². The van der Waals surface area contributed by atoms with Crippen LogP contribution in [-0.4, -0.2) is 56.3 Å². The fourth-order valence-corrected chi connectivity index (χ4v) is 5.52. The number of hydrogen-bond donors (Lipinski definition) is 1. The van der Waals surface area contributed by atoms with E-state index in [1.54, 1.807) is 28.6 Å². The number of carbonyl (C=O) groups excluding carboxylic acids is 1. The van der Waals surface area contributed by atoms with Gasteiger partial charge in [-0.2, -0.15) is 4.31 Å². The van der Waals surface area contributed by atoms with Crippen LogP contribution in [0.5, 0.6) is 0 Å². The molecule has 0 aliphatic carbocycles. The zero-order chi connectivity index (χ0) is 19.3. The summed E-state index contributed by atoms with van der Waals surface area (Å²) in [7, 11) is -3.45. The van der Waals surface area contributed by atoms with Crippen LogP contribution in [0.15, 0.2) is 29.2 Å². The maximum atomic E-state index is 12.8. The summed E-state index contributed by atoms with van der Waals surface area (Å²) in [5, 5.41) is 2.89. The quantitative estimate of drug-likeness (QED) is 0.835. The van der Waals surface area contributed by atoms with Gasteiger partial charge in [0.05, 0.1) is 11.4 Å². The lowest BCUT2D eigenvalue weighted by atomic mass is 10.0. The summed E-state index contributed by atoms with van der Waals surface area (Å²) in [6.45, 7) is 5.59. The van der Waals surface area contributed by atoms with Crippen molar-refractivity contribution in [1.82, 2.24) is 9.21 Å². The van der Waals surface area contributed by atoms with Crippen molar-refractivity contribution in [2.45, 2.75) is 50.3 Å². The maximum absolute atomic E-state index is 12.8. The predicted octanol–water partition coefficient (Wildman–Crippen LogP) is 2.92. The number of carbonyl (C=O) groups is 1. The Balaban J connectivity index is 1.58. The molecule has 1 unspecified atom stereocenters. The molecule has 1 amide bonds. The van der Waals surface area contributed by atoms with E-state index in [-0.39, 0.29) is 5.91 Å². The second kappa shape index (κ2) is 9.17. The highest BCUT2D eigenvalue weighted by Gasteiger charge is 2.28. The van der Waals surface area contributed by atoms with Gasteiger partial charge in [-0.15, -0.1) is 0 Å². The van der Waals surface area contributed by atoms with E-state index in [0.717, 1.165) is 38.8 Å². The molecule has 0 spiro atoms. The Bertz CT molecular complexity index is 725. The van der Waals surface area contributed by atoms with E-state index in [4.69, 9.17) is 0 Å². The zero-order valence-electron chi connectivity index (χ0n) is 16.2. The second-order valence-corrected chi connectivity index (χ2v) is 9.81. The second-order valence-electron chi connectivity index (χ2n) is 7.87. The molecule has 1 aromatic rings. The lowest BCUT2D eigenvalue weighted by Gasteiger charge is -2.30. The van der Waals surface area contributed by atoms with E-state index in [1.807, 2.05) is 0 Å². The first-order valence-electron chi connectivity index (χ1n) is 10.1. The molecule has 0 saturated carbocycles. The monoisotopic (exact) mass is 393 g/mol. The Morgan fingerprint density at radius 1 is 1.04 bits per heavy atom. The number of nitrogens with zero attached hydrogens (tertiary/aromatic N) is 2. The molecular formula is C20H31N3O3S. The van der Waals surface area contributed by atoms with Crippen molar-refractivity contribution in [3.8, 4) is 0 Å². The molecule has 1 atom stereocenters. The topological polar surface area (TPSA) is 69.7 Å². The lowest BCUT2D eigenvalue weighted by molar-refractivity contribution is -0.117. The average molecular weight is 394 g/mol. The van der Waals surface area contributed by atoms with Crippen molar-refractivity contribution >= 4 is 21.6 Å². The largest absolute Gasteiger partial charge is 0.325 e.